The second-order valence-corrected chi connectivity index (χ2v) is 5.05. The van der Waals surface area contributed by atoms with Crippen LogP contribution < -0.4 is 10.6 Å². The van der Waals surface area contributed by atoms with E-state index >= 15 is 0 Å². The lowest BCUT2D eigenvalue weighted by Crippen LogP contribution is -2.53. The molecule has 0 aromatic carbocycles. The fourth-order valence-electron chi connectivity index (χ4n) is 2.48. The van der Waals surface area contributed by atoms with Gasteiger partial charge in [0.25, 0.3) is 0 Å². The number of ether oxygens (including phenoxy) is 1. The maximum absolute atomic E-state index is 5.72. The summed E-state index contributed by atoms with van der Waals surface area (Å²) in [7, 11) is 1.74. The Morgan fingerprint density at radius 3 is 2.84 bits per heavy atom. The number of aromatic nitrogens is 2. The van der Waals surface area contributed by atoms with Crippen molar-refractivity contribution in [3.8, 4) is 0 Å². The predicted molar refractivity (Wildman–Crippen MR) is 76.3 cm³/mol. The average molecular weight is 265 g/mol. The van der Waals surface area contributed by atoms with E-state index < -0.39 is 0 Å². The Kier molecular flexibility index (Phi) is 4.55. The minimum Gasteiger partial charge on any atom is -0.383 e. The van der Waals surface area contributed by atoms with Crippen LogP contribution in [-0.2, 0) is 4.74 Å². The van der Waals surface area contributed by atoms with Crippen LogP contribution in [0.4, 0.5) is 11.8 Å². The van der Waals surface area contributed by atoms with Crippen LogP contribution in [-0.4, -0.2) is 60.8 Å². The number of anilines is 2. The molecule has 2 N–H and O–H groups in total. The minimum absolute atomic E-state index is 0.351. The number of nitrogen functional groups attached to an aromatic ring is 1. The van der Waals surface area contributed by atoms with Crippen molar-refractivity contribution in [2.24, 2.45) is 0 Å². The fourth-order valence-corrected chi connectivity index (χ4v) is 2.48. The van der Waals surface area contributed by atoms with Crippen LogP contribution in [0.1, 0.15) is 12.6 Å². The van der Waals surface area contributed by atoms with Crippen molar-refractivity contribution in [2.45, 2.75) is 19.9 Å². The standard InChI is InChI=1S/C13H23N5O/c1-10-8-12(16-13(14)15-10)18-5-4-17(6-7-19-3)11(2)9-18/h8,11H,4-7,9H2,1-3H3,(H2,14,15,16)/t11-/m1/s1. The maximum Gasteiger partial charge on any atom is 0.222 e. The summed E-state index contributed by atoms with van der Waals surface area (Å²) >= 11 is 0. The SMILES string of the molecule is COCCN1CCN(c2cc(C)nc(N)n2)C[C@H]1C. The number of methoxy groups -OCH3 is 1. The summed E-state index contributed by atoms with van der Waals surface area (Å²) < 4.78 is 5.14. The third kappa shape index (κ3) is 3.54. The number of piperazine rings is 1. The lowest BCUT2D eigenvalue weighted by Gasteiger charge is -2.40. The Morgan fingerprint density at radius 2 is 2.21 bits per heavy atom. The van der Waals surface area contributed by atoms with Crippen molar-refractivity contribution in [2.75, 3.05) is 50.5 Å². The molecule has 1 atom stereocenters. The van der Waals surface area contributed by atoms with Crippen molar-refractivity contribution in [3.63, 3.8) is 0 Å². The molecule has 19 heavy (non-hydrogen) atoms. The molecular weight excluding hydrogens is 242 g/mol. The number of nitrogens with two attached hydrogens (primary N) is 1. The quantitative estimate of drug-likeness (QED) is 0.856. The summed E-state index contributed by atoms with van der Waals surface area (Å²) in [6.45, 7) is 8.89. The summed E-state index contributed by atoms with van der Waals surface area (Å²) in [5.41, 5.74) is 6.63. The molecule has 2 heterocycles. The number of hydrogen-bond acceptors (Lipinski definition) is 6. The molecule has 0 saturated carbocycles. The minimum atomic E-state index is 0.351. The van der Waals surface area contributed by atoms with E-state index in [2.05, 4.69) is 26.7 Å². The molecule has 6 nitrogen and oxygen atoms in total. The molecule has 2 rings (SSSR count). The van der Waals surface area contributed by atoms with E-state index in [1.165, 1.54) is 0 Å². The summed E-state index contributed by atoms with van der Waals surface area (Å²) in [4.78, 5) is 13.2. The lowest BCUT2D eigenvalue weighted by atomic mass is 10.2. The molecule has 0 bridgehead atoms. The number of hydrogen-bond donors (Lipinski definition) is 1. The number of nitrogens with zero attached hydrogens (tertiary/aromatic N) is 4. The van der Waals surface area contributed by atoms with Crippen LogP contribution in [0.2, 0.25) is 0 Å². The van der Waals surface area contributed by atoms with Gasteiger partial charge in [0.05, 0.1) is 6.61 Å². The van der Waals surface area contributed by atoms with Gasteiger partial charge in [0, 0.05) is 51.1 Å². The van der Waals surface area contributed by atoms with Gasteiger partial charge in [-0.25, -0.2) is 4.98 Å². The van der Waals surface area contributed by atoms with Gasteiger partial charge in [-0.3, -0.25) is 4.90 Å². The normalized spacial score (nSPS) is 20.8. The highest BCUT2D eigenvalue weighted by Gasteiger charge is 2.24. The zero-order valence-corrected chi connectivity index (χ0v) is 12.0. The monoisotopic (exact) mass is 265 g/mol. The molecule has 1 fully saturated rings. The average Bonchev–Trinajstić information content (AvgIpc) is 2.36. The van der Waals surface area contributed by atoms with Gasteiger partial charge < -0.3 is 15.4 Å². The molecule has 0 spiro atoms. The lowest BCUT2D eigenvalue weighted by molar-refractivity contribution is 0.117. The second-order valence-electron chi connectivity index (χ2n) is 5.05. The van der Waals surface area contributed by atoms with E-state index in [4.69, 9.17) is 10.5 Å². The van der Waals surface area contributed by atoms with Crippen molar-refractivity contribution in [1.82, 2.24) is 14.9 Å². The Hall–Kier alpha value is -1.40. The van der Waals surface area contributed by atoms with Crippen LogP contribution in [0.25, 0.3) is 0 Å². The van der Waals surface area contributed by atoms with E-state index in [9.17, 15) is 0 Å². The Labute approximate surface area is 114 Å². The van der Waals surface area contributed by atoms with Crippen LogP contribution in [0.3, 0.4) is 0 Å². The molecule has 1 aromatic rings. The first-order valence-electron chi connectivity index (χ1n) is 6.69. The molecule has 1 aliphatic rings. The van der Waals surface area contributed by atoms with Crippen LogP contribution in [0.15, 0.2) is 6.07 Å². The van der Waals surface area contributed by atoms with Gasteiger partial charge >= 0.3 is 0 Å². The van der Waals surface area contributed by atoms with E-state index in [0.717, 1.165) is 44.3 Å². The highest BCUT2D eigenvalue weighted by molar-refractivity contribution is 5.44. The summed E-state index contributed by atoms with van der Waals surface area (Å²) in [6, 6.07) is 2.48. The molecule has 0 radical (unpaired) electrons. The first-order valence-corrected chi connectivity index (χ1v) is 6.69. The zero-order chi connectivity index (χ0) is 13.8. The maximum atomic E-state index is 5.72. The third-order valence-corrected chi connectivity index (χ3v) is 3.53. The molecule has 0 amide bonds. The topological polar surface area (TPSA) is 67.5 Å². The van der Waals surface area contributed by atoms with Crippen molar-refractivity contribution >= 4 is 11.8 Å². The molecule has 6 heteroatoms. The van der Waals surface area contributed by atoms with Crippen LogP contribution in [0.5, 0.6) is 0 Å². The predicted octanol–water partition coefficient (Wildman–Crippen LogP) is 0.524. The van der Waals surface area contributed by atoms with Gasteiger partial charge in [0.2, 0.25) is 5.95 Å². The van der Waals surface area contributed by atoms with E-state index in [-0.39, 0.29) is 0 Å². The molecule has 1 aromatic heterocycles. The van der Waals surface area contributed by atoms with E-state index in [0.29, 0.717) is 12.0 Å². The highest BCUT2D eigenvalue weighted by atomic mass is 16.5. The van der Waals surface area contributed by atoms with Crippen LogP contribution in [0, 0.1) is 6.92 Å². The van der Waals surface area contributed by atoms with E-state index in [1.807, 2.05) is 13.0 Å². The van der Waals surface area contributed by atoms with Gasteiger partial charge in [-0.1, -0.05) is 0 Å². The highest BCUT2D eigenvalue weighted by Crippen LogP contribution is 2.18. The Balaban J connectivity index is 2.01. The molecule has 106 valence electrons. The van der Waals surface area contributed by atoms with Crippen LogP contribution >= 0.6 is 0 Å². The Morgan fingerprint density at radius 1 is 1.42 bits per heavy atom. The fraction of sp³-hybridized carbons (Fsp3) is 0.692. The smallest absolute Gasteiger partial charge is 0.222 e. The van der Waals surface area contributed by atoms with Crippen molar-refractivity contribution < 1.29 is 4.74 Å². The zero-order valence-electron chi connectivity index (χ0n) is 12.0. The van der Waals surface area contributed by atoms with E-state index in [1.54, 1.807) is 7.11 Å². The first kappa shape index (κ1) is 14.0. The molecule has 1 saturated heterocycles. The molecular formula is C13H23N5O. The summed E-state index contributed by atoms with van der Waals surface area (Å²) in [6.07, 6.45) is 0. The van der Waals surface area contributed by atoms with Gasteiger partial charge in [-0.05, 0) is 13.8 Å². The van der Waals surface area contributed by atoms with Gasteiger partial charge in [0.15, 0.2) is 0 Å². The third-order valence-electron chi connectivity index (χ3n) is 3.53. The number of aryl methyl sites for hydroxylation is 1. The summed E-state index contributed by atoms with van der Waals surface area (Å²) in [5, 5.41) is 0. The van der Waals surface area contributed by atoms with Crippen molar-refractivity contribution in [3.05, 3.63) is 11.8 Å². The largest absolute Gasteiger partial charge is 0.383 e. The molecule has 0 unspecified atom stereocenters. The Bertz CT molecular complexity index is 405. The molecule has 1 aliphatic heterocycles. The molecule has 0 aliphatic carbocycles. The number of rotatable bonds is 4. The van der Waals surface area contributed by atoms with Gasteiger partial charge in [0.1, 0.15) is 5.82 Å². The van der Waals surface area contributed by atoms with Crippen molar-refractivity contribution in [1.29, 1.82) is 0 Å². The summed E-state index contributed by atoms with van der Waals surface area (Å²) in [5.74, 6) is 1.28. The van der Waals surface area contributed by atoms with Gasteiger partial charge in [-0.2, -0.15) is 4.98 Å². The van der Waals surface area contributed by atoms with Gasteiger partial charge in [-0.15, -0.1) is 0 Å². The first-order chi connectivity index (χ1) is 9.10. The second kappa shape index (κ2) is 6.16.